The van der Waals surface area contributed by atoms with Crippen LogP contribution in [0.15, 0.2) is 9.98 Å². The average molecular weight is 198 g/mol. The summed E-state index contributed by atoms with van der Waals surface area (Å²) in [6, 6.07) is -1.21. The SMILES string of the molecule is CSC1=NC2C(=O)NC(=O)NC2=N1. The van der Waals surface area contributed by atoms with Gasteiger partial charge in [-0.15, -0.1) is 0 Å². The summed E-state index contributed by atoms with van der Waals surface area (Å²) in [4.78, 5) is 30.0. The lowest BCUT2D eigenvalue weighted by atomic mass is 10.2. The van der Waals surface area contributed by atoms with Gasteiger partial charge in [-0.2, -0.15) is 0 Å². The van der Waals surface area contributed by atoms with E-state index in [-0.39, 0.29) is 0 Å². The summed E-state index contributed by atoms with van der Waals surface area (Å²) in [7, 11) is 0. The predicted octanol–water partition coefficient (Wildman–Crippen LogP) is -0.675. The molecule has 3 amide bonds. The average Bonchev–Trinajstić information content (AvgIpc) is 2.47. The molecule has 0 aromatic carbocycles. The van der Waals surface area contributed by atoms with Crippen molar-refractivity contribution in [3.05, 3.63) is 0 Å². The highest BCUT2D eigenvalue weighted by molar-refractivity contribution is 8.13. The van der Waals surface area contributed by atoms with Gasteiger partial charge in [-0.25, -0.2) is 14.8 Å². The van der Waals surface area contributed by atoms with Crippen molar-refractivity contribution in [2.75, 3.05) is 6.26 Å². The molecular formula is C6H6N4O2S. The Morgan fingerprint density at radius 1 is 1.38 bits per heavy atom. The monoisotopic (exact) mass is 198 g/mol. The van der Waals surface area contributed by atoms with Crippen LogP contribution in [0.4, 0.5) is 4.79 Å². The van der Waals surface area contributed by atoms with Crippen molar-refractivity contribution < 1.29 is 9.59 Å². The number of imide groups is 1. The molecule has 2 aliphatic rings. The number of carbonyl (C=O) groups is 2. The van der Waals surface area contributed by atoms with Crippen LogP contribution < -0.4 is 10.6 Å². The van der Waals surface area contributed by atoms with E-state index < -0.39 is 18.0 Å². The fraction of sp³-hybridized carbons (Fsp3) is 0.333. The van der Waals surface area contributed by atoms with Crippen LogP contribution in [0.1, 0.15) is 0 Å². The van der Waals surface area contributed by atoms with E-state index in [2.05, 4.69) is 20.6 Å². The van der Waals surface area contributed by atoms with E-state index in [1.54, 1.807) is 6.26 Å². The van der Waals surface area contributed by atoms with E-state index in [0.717, 1.165) is 0 Å². The van der Waals surface area contributed by atoms with Gasteiger partial charge in [0.1, 0.15) is 5.84 Å². The molecule has 6 nitrogen and oxygen atoms in total. The molecule has 1 atom stereocenters. The number of hydrogen-bond acceptors (Lipinski definition) is 5. The molecule has 1 fully saturated rings. The molecule has 13 heavy (non-hydrogen) atoms. The minimum Gasteiger partial charge on any atom is -0.293 e. The van der Waals surface area contributed by atoms with E-state index in [1.807, 2.05) is 0 Å². The predicted molar refractivity (Wildman–Crippen MR) is 48.8 cm³/mol. The maximum Gasteiger partial charge on any atom is 0.326 e. The highest BCUT2D eigenvalue weighted by Gasteiger charge is 2.35. The molecule has 1 unspecified atom stereocenters. The third-order valence-electron chi connectivity index (χ3n) is 1.62. The fourth-order valence-corrected chi connectivity index (χ4v) is 1.47. The van der Waals surface area contributed by atoms with Crippen LogP contribution in [0.3, 0.4) is 0 Å². The Morgan fingerprint density at radius 2 is 2.15 bits per heavy atom. The number of carbonyl (C=O) groups excluding carboxylic acids is 2. The highest BCUT2D eigenvalue weighted by atomic mass is 32.2. The summed E-state index contributed by atoms with van der Waals surface area (Å²) >= 11 is 1.33. The minimum absolute atomic E-state index is 0.318. The maximum absolute atomic E-state index is 11.2. The molecule has 7 heteroatoms. The molecule has 2 aliphatic heterocycles. The van der Waals surface area contributed by atoms with Gasteiger partial charge in [-0.05, 0) is 6.26 Å². The quantitative estimate of drug-likeness (QED) is 0.541. The summed E-state index contributed by atoms with van der Waals surface area (Å²) in [6.45, 7) is 0. The first-order chi connectivity index (χ1) is 6.20. The molecule has 0 radical (unpaired) electrons. The Labute approximate surface area is 77.9 Å². The van der Waals surface area contributed by atoms with Crippen LogP contribution >= 0.6 is 11.8 Å². The molecule has 0 aromatic rings. The smallest absolute Gasteiger partial charge is 0.293 e. The van der Waals surface area contributed by atoms with Gasteiger partial charge in [-0.3, -0.25) is 15.4 Å². The van der Waals surface area contributed by atoms with E-state index in [1.165, 1.54) is 11.8 Å². The molecule has 1 saturated heterocycles. The number of thioether (sulfide) groups is 1. The lowest BCUT2D eigenvalue weighted by molar-refractivity contribution is -0.120. The van der Waals surface area contributed by atoms with Crippen LogP contribution in [0.25, 0.3) is 0 Å². The number of nitrogens with zero attached hydrogens (tertiary/aromatic N) is 2. The summed E-state index contributed by atoms with van der Waals surface area (Å²) < 4.78 is 0. The van der Waals surface area contributed by atoms with Gasteiger partial charge in [-0.1, -0.05) is 11.8 Å². The largest absolute Gasteiger partial charge is 0.326 e. The van der Waals surface area contributed by atoms with E-state index in [9.17, 15) is 9.59 Å². The molecule has 0 spiro atoms. The van der Waals surface area contributed by atoms with Crippen LogP contribution in [-0.4, -0.2) is 35.2 Å². The molecule has 0 aromatic heterocycles. The Hall–Kier alpha value is -1.37. The molecule has 2 rings (SSSR count). The number of nitrogens with one attached hydrogen (secondary N) is 2. The molecule has 0 saturated carbocycles. The van der Waals surface area contributed by atoms with Gasteiger partial charge in [0.25, 0.3) is 5.91 Å². The number of fused-ring (bicyclic) bond motifs is 1. The molecule has 0 bridgehead atoms. The molecule has 0 aliphatic carbocycles. The Kier molecular flexibility index (Phi) is 1.80. The number of rotatable bonds is 0. The third kappa shape index (κ3) is 1.31. The Bertz CT molecular complexity index is 349. The summed E-state index contributed by atoms with van der Waals surface area (Å²) in [6.07, 6.45) is 1.81. The van der Waals surface area contributed by atoms with Crippen molar-refractivity contribution in [1.29, 1.82) is 0 Å². The topological polar surface area (TPSA) is 82.9 Å². The van der Waals surface area contributed by atoms with Gasteiger partial charge >= 0.3 is 6.03 Å². The van der Waals surface area contributed by atoms with Gasteiger partial charge < -0.3 is 0 Å². The molecule has 2 heterocycles. The fourth-order valence-electron chi connectivity index (χ4n) is 1.07. The zero-order chi connectivity index (χ0) is 9.42. The third-order valence-corrected chi connectivity index (χ3v) is 2.19. The number of hydrogen-bond donors (Lipinski definition) is 2. The van der Waals surface area contributed by atoms with Crippen molar-refractivity contribution in [3.8, 4) is 0 Å². The number of amides is 3. The first kappa shape index (κ1) is 8.24. The summed E-state index contributed by atoms with van der Waals surface area (Å²) in [5.74, 6) is -0.107. The Balaban J connectivity index is 2.29. The lowest BCUT2D eigenvalue weighted by Gasteiger charge is -2.16. The van der Waals surface area contributed by atoms with Crippen molar-refractivity contribution in [1.82, 2.24) is 10.6 Å². The van der Waals surface area contributed by atoms with Gasteiger partial charge in [0.2, 0.25) is 0 Å². The zero-order valence-electron chi connectivity index (χ0n) is 6.70. The summed E-state index contributed by atoms with van der Waals surface area (Å²) in [5, 5.41) is 5.04. The zero-order valence-corrected chi connectivity index (χ0v) is 7.51. The number of urea groups is 1. The van der Waals surface area contributed by atoms with E-state index in [0.29, 0.717) is 11.0 Å². The van der Waals surface area contributed by atoms with Gasteiger partial charge in [0.15, 0.2) is 11.2 Å². The van der Waals surface area contributed by atoms with Crippen molar-refractivity contribution in [2.24, 2.45) is 9.98 Å². The van der Waals surface area contributed by atoms with Crippen LogP contribution in [0, 0.1) is 0 Å². The standard InChI is InChI=1S/C6H6N4O2S/c1-13-6-7-2-3(9-6)8-5(12)10-4(2)11/h2H,1H3,(H2,7,8,9,10,11,12). The van der Waals surface area contributed by atoms with Crippen LogP contribution in [0.2, 0.25) is 0 Å². The molecular weight excluding hydrogens is 192 g/mol. The molecule has 2 N–H and O–H groups in total. The number of aliphatic imine (C=N–C) groups is 2. The second-order valence-electron chi connectivity index (χ2n) is 2.46. The maximum atomic E-state index is 11.2. The summed E-state index contributed by atoms with van der Waals surface area (Å²) in [5.41, 5.74) is 0. The second kappa shape index (κ2) is 2.84. The van der Waals surface area contributed by atoms with Gasteiger partial charge in [0, 0.05) is 0 Å². The first-order valence-corrected chi connectivity index (χ1v) is 4.75. The normalized spacial score (nSPS) is 25.8. The second-order valence-corrected chi connectivity index (χ2v) is 3.23. The van der Waals surface area contributed by atoms with Gasteiger partial charge in [0.05, 0.1) is 0 Å². The van der Waals surface area contributed by atoms with Crippen LogP contribution in [-0.2, 0) is 4.79 Å². The van der Waals surface area contributed by atoms with E-state index in [4.69, 9.17) is 0 Å². The number of amidine groups is 2. The van der Waals surface area contributed by atoms with Crippen LogP contribution in [0.5, 0.6) is 0 Å². The van der Waals surface area contributed by atoms with E-state index >= 15 is 0 Å². The minimum atomic E-state index is -0.667. The van der Waals surface area contributed by atoms with Crippen molar-refractivity contribution >= 4 is 34.7 Å². The lowest BCUT2D eigenvalue weighted by Crippen LogP contribution is -2.57. The highest BCUT2D eigenvalue weighted by Crippen LogP contribution is 2.13. The first-order valence-electron chi connectivity index (χ1n) is 3.53. The molecule has 68 valence electrons. The Morgan fingerprint density at radius 3 is 2.85 bits per heavy atom. The van der Waals surface area contributed by atoms with Crippen molar-refractivity contribution in [2.45, 2.75) is 6.04 Å². The van der Waals surface area contributed by atoms with Crippen molar-refractivity contribution in [3.63, 3.8) is 0 Å².